The fourth-order valence-electron chi connectivity index (χ4n) is 6.22. The lowest BCUT2D eigenvalue weighted by Crippen LogP contribution is -2.17. The fourth-order valence-corrected chi connectivity index (χ4v) is 6.22. The highest BCUT2D eigenvalue weighted by Crippen LogP contribution is 2.52. The van der Waals surface area contributed by atoms with Crippen molar-refractivity contribution < 1.29 is 27.8 Å². The van der Waals surface area contributed by atoms with Gasteiger partial charge in [0.2, 0.25) is 5.88 Å². The van der Waals surface area contributed by atoms with E-state index in [1.54, 1.807) is 0 Å². The smallest absolute Gasteiger partial charge is 0.306 e. The highest BCUT2D eigenvalue weighted by molar-refractivity contribution is 5.71. The number of hydrogen-bond acceptors (Lipinski definition) is 5. The number of rotatable bonds is 10. The van der Waals surface area contributed by atoms with E-state index in [4.69, 9.17) is 14.2 Å². The molecule has 2 saturated carbocycles. The quantitative estimate of drug-likeness (QED) is 0.240. The summed E-state index contributed by atoms with van der Waals surface area (Å²) >= 11 is 0. The summed E-state index contributed by atoms with van der Waals surface area (Å²) in [4.78, 5) is 16.0. The Balaban J connectivity index is 1.46. The normalized spacial score (nSPS) is 18.8. The van der Waals surface area contributed by atoms with Crippen molar-refractivity contribution in [3.05, 3.63) is 77.0 Å². The lowest BCUT2D eigenvalue weighted by Gasteiger charge is -2.30. The number of ether oxygens (including phenoxy) is 3. The Labute approximate surface area is 234 Å². The van der Waals surface area contributed by atoms with Crippen LogP contribution in [0.3, 0.4) is 0 Å². The van der Waals surface area contributed by atoms with Crippen LogP contribution in [0.5, 0.6) is 11.6 Å². The van der Waals surface area contributed by atoms with Gasteiger partial charge in [-0.1, -0.05) is 32.4 Å². The second-order valence-corrected chi connectivity index (χ2v) is 11.8. The maximum absolute atomic E-state index is 15.6. The number of halogens is 2. The molecule has 1 aromatic heterocycles. The van der Waals surface area contributed by atoms with Crippen molar-refractivity contribution in [2.45, 2.75) is 70.8 Å². The molecule has 1 heterocycles. The molecular formula is C33H37F2NO4. The Morgan fingerprint density at radius 1 is 1.05 bits per heavy atom. The molecule has 1 unspecified atom stereocenters. The van der Waals surface area contributed by atoms with Crippen molar-refractivity contribution in [1.82, 2.24) is 4.98 Å². The van der Waals surface area contributed by atoms with Crippen molar-refractivity contribution in [2.75, 3.05) is 14.2 Å². The summed E-state index contributed by atoms with van der Waals surface area (Å²) in [7, 11) is 2.88. The molecule has 5 nitrogen and oxygen atoms in total. The van der Waals surface area contributed by atoms with Crippen molar-refractivity contribution in [3.63, 3.8) is 0 Å². The molecule has 0 N–H and O–H groups in total. The number of carbonyl (C=O) groups excluding carboxylic acids is 1. The molecule has 2 atom stereocenters. The van der Waals surface area contributed by atoms with Gasteiger partial charge in [-0.15, -0.1) is 0 Å². The summed E-state index contributed by atoms with van der Waals surface area (Å²) in [5, 5.41) is 0. The van der Waals surface area contributed by atoms with Crippen LogP contribution in [0.15, 0.2) is 48.7 Å². The fraction of sp³-hybridized carbons (Fsp3) is 0.455. The number of hydrogen-bond donors (Lipinski definition) is 0. The van der Waals surface area contributed by atoms with Gasteiger partial charge in [-0.25, -0.2) is 13.8 Å². The molecule has 3 aromatic rings. The molecule has 212 valence electrons. The van der Waals surface area contributed by atoms with Gasteiger partial charge < -0.3 is 14.2 Å². The van der Waals surface area contributed by atoms with E-state index in [1.165, 1.54) is 26.4 Å². The molecule has 7 heteroatoms. The lowest BCUT2D eigenvalue weighted by atomic mass is 9.75. The Morgan fingerprint density at radius 3 is 2.52 bits per heavy atom. The monoisotopic (exact) mass is 549 g/mol. The van der Waals surface area contributed by atoms with Crippen LogP contribution in [0.1, 0.15) is 80.9 Å². The lowest BCUT2D eigenvalue weighted by molar-refractivity contribution is -0.141. The highest BCUT2D eigenvalue weighted by atomic mass is 19.1. The molecule has 0 amide bonds. The van der Waals surface area contributed by atoms with Gasteiger partial charge in [-0.3, -0.25) is 4.79 Å². The zero-order valence-electron chi connectivity index (χ0n) is 23.6. The highest BCUT2D eigenvalue weighted by Gasteiger charge is 2.38. The number of carbonyl (C=O) groups is 1. The predicted molar refractivity (Wildman–Crippen MR) is 149 cm³/mol. The van der Waals surface area contributed by atoms with Gasteiger partial charge in [0.15, 0.2) is 0 Å². The second kappa shape index (κ2) is 11.6. The van der Waals surface area contributed by atoms with Gasteiger partial charge in [0, 0.05) is 17.2 Å². The van der Waals surface area contributed by atoms with Gasteiger partial charge in [0.25, 0.3) is 0 Å². The van der Waals surface area contributed by atoms with Crippen molar-refractivity contribution in [3.8, 4) is 22.8 Å². The third-order valence-corrected chi connectivity index (χ3v) is 8.67. The van der Waals surface area contributed by atoms with Crippen molar-refractivity contribution in [2.24, 2.45) is 11.3 Å². The number of methoxy groups -OCH3 is 2. The second-order valence-electron chi connectivity index (χ2n) is 11.8. The van der Waals surface area contributed by atoms with Crippen molar-refractivity contribution >= 4 is 5.97 Å². The van der Waals surface area contributed by atoms with E-state index in [-0.39, 0.29) is 41.3 Å². The van der Waals surface area contributed by atoms with E-state index in [2.05, 4.69) is 18.8 Å². The van der Waals surface area contributed by atoms with Crippen LogP contribution < -0.4 is 9.47 Å². The molecule has 0 radical (unpaired) electrons. The van der Waals surface area contributed by atoms with E-state index < -0.39 is 11.6 Å². The first-order valence-electron chi connectivity index (χ1n) is 14.0. The maximum atomic E-state index is 15.6. The molecule has 5 rings (SSSR count). The van der Waals surface area contributed by atoms with Crippen LogP contribution in [0.4, 0.5) is 8.78 Å². The van der Waals surface area contributed by atoms with Gasteiger partial charge in [-0.2, -0.15) is 0 Å². The molecule has 40 heavy (non-hydrogen) atoms. The number of nitrogens with zero attached hydrogens (tertiary/aromatic N) is 1. The Hall–Kier alpha value is -3.48. The molecule has 2 aliphatic rings. The zero-order chi connectivity index (χ0) is 28.4. The first-order valence-corrected chi connectivity index (χ1v) is 14.0. The van der Waals surface area contributed by atoms with Crippen molar-refractivity contribution in [1.29, 1.82) is 0 Å². The largest absolute Gasteiger partial charge is 0.489 e. The number of esters is 1. The summed E-state index contributed by atoms with van der Waals surface area (Å²) in [6.07, 6.45) is 6.68. The molecule has 2 fully saturated rings. The minimum Gasteiger partial charge on any atom is -0.489 e. The van der Waals surface area contributed by atoms with Crippen LogP contribution in [-0.4, -0.2) is 25.2 Å². The molecule has 2 aliphatic carbocycles. The van der Waals surface area contributed by atoms with E-state index in [1.807, 2.05) is 30.3 Å². The molecule has 0 spiro atoms. The van der Waals surface area contributed by atoms with Crippen LogP contribution in [0.2, 0.25) is 0 Å². The molecule has 0 aliphatic heterocycles. The van der Waals surface area contributed by atoms with Gasteiger partial charge in [0.05, 0.1) is 26.8 Å². The van der Waals surface area contributed by atoms with E-state index in [0.29, 0.717) is 29.2 Å². The molecular weight excluding hydrogens is 512 g/mol. The SMILES string of the molecule is COC(=O)CC(c1cccc(OCc2cc([C@H]3CCCC3(C)C)c(-c3cc(OC)ncc3F)cc2F)c1)C1CC1. The first kappa shape index (κ1) is 28.1. The standard InChI is InChI=1S/C33H37F2NO4/c1-33(2)12-6-9-28(33)26-14-22(29(34)15-25(26)27-16-31(38-3)36-18-30(27)35)19-40-23-8-5-7-21(13-23)24(20-10-11-20)17-32(37)39-4/h5,7-8,13-16,18,20,24,28H,6,9-12,17,19H2,1-4H3/t24?,28-/m1/s1. The average molecular weight is 550 g/mol. The summed E-state index contributed by atoms with van der Waals surface area (Å²) in [5.74, 6) is 0.371. The summed E-state index contributed by atoms with van der Waals surface area (Å²) < 4.78 is 46.9. The minimum absolute atomic E-state index is 0.00983. The number of aromatic nitrogens is 1. The van der Waals surface area contributed by atoms with Gasteiger partial charge >= 0.3 is 5.97 Å². The summed E-state index contributed by atoms with van der Waals surface area (Å²) in [6, 6.07) is 12.5. The van der Waals surface area contributed by atoms with Gasteiger partial charge in [0.1, 0.15) is 24.0 Å². The zero-order valence-corrected chi connectivity index (χ0v) is 23.6. The van der Waals surface area contributed by atoms with Crippen LogP contribution in [0.25, 0.3) is 11.1 Å². The van der Waals surface area contributed by atoms with Crippen LogP contribution in [0, 0.1) is 23.0 Å². The molecule has 2 aromatic carbocycles. The Bertz CT molecular complexity index is 1380. The average Bonchev–Trinajstić information content (AvgIpc) is 3.73. The van der Waals surface area contributed by atoms with Crippen LogP contribution in [-0.2, 0) is 16.1 Å². The summed E-state index contributed by atoms with van der Waals surface area (Å²) in [6.45, 7) is 4.46. The topological polar surface area (TPSA) is 57.7 Å². The molecule has 0 bridgehead atoms. The maximum Gasteiger partial charge on any atom is 0.306 e. The first-order chi connectivity index (χ1) is 19.2. The van der Waals surface area contributed by atoms with E-state index in [0.717, 1.165) is 49.4 Å². The minimum atomic E-state index is -0.518. The number of benzene rings is 2. The third-order valence-electron chi connectivity index (χ3n) is 8.67. The van der Waals surface area contributed by atoms with E-state index in [9.17, 15) is 4.79 Å². The van der Waals surface area contributed by atoms with Crippen LogP contribution >= 0.6 is 0 Å². The number of pyridine rings is 1. The van der Waals surface area contributed by atoms with E-state index >= 15 is 8.78 Å². The molecule has 0 saturated heterocycles. The summed E-state index contributed by atoms with van der Waals surface area (Å²) in [5.41, 5.74) is 3.15. The Kier molecular flexibility index (Phi) is 8.11. The third kappa shape index (κ3) is 5.98. The van der Waals surface area contributed by atoms with Gasteiger partial charge in [-0.05, 0) is 89.8 Å². The Morgan fingerprint density at radius 2 is 1.85 bits per heavy atom. The predicted octanol–water partition coefficient (Wildman–Crippen LogP) is 7.96.